The molecule has 1 aromatic carbocycles. The van der Waals surface area contributed by atoms with E-state index in [-0.39, 0.29) is 18.3 Å². The number of nitrogens with one attached hydrogen (secondary N) is 3. The van der Waals surface area contributed by atoms with Gasteiger partial charge < -0.3 is 30.3 Å². The number of hydrogen-bond acceptors (Lipinski definition) is 8. The minimum absolute atomic E-state index is 0.0912. The fraction of sp³-hybridized carbons (Fsp3) is 0.481. The van der Waals surface area contributed by atoms with Crippen LogP contribution >= 0.6 is 0 Å². The zero-order valence-electron chi connectivity index (χ0n) is 22.7. The number of ether oxygens (including phenoxy) is 2. The van der Waals surface area contributed by atoms with Crippen molar-refractivity contribution in [3.63, 3.8) is 0 Å². The highest BCUT2D eigenvalue weighted by molar-refractivity contribution is 5.82. The zero-order chi connectivity index (χ0) is 28.0. The van der Waals surface area contributed by atoms with E-state index in [0.717, 1.165) is 6.42 Å². The van der Waals surface area contributed by atoms with Crippen molar-refractivity contribution in [1.29, 1.82) is 0 Å². The molecule has 0 fully saturated rings. The monoisotopic (exact) mass is 528 g/mol. The third-order valence-electron chi connectivity index (χ3n) is 4.80. The Kier molecular flexibility index (Phi) is 12.3. The predicted molar refractivity (Wildman–Crippen MR) is 145 cm³/mol. The average Bonchev–Trinajstić information content (AvgIpc) is 2.84. The lowest BCUT2D eigenvalue weighted by Gasteiger charge is -2.24. The molecule has 0 aliphatic heterocycles. The highest BCUT2D eigenvalue weighted by Crippen LogP contribution is 2.18. The molecule has 38 heavy (non-hydrogen) atoms. The summed E-state index contributed by atoms with van der Waals surface area (Å²) in [6.45, 7) is 6.87. The fourth-order valence-electron chi connectivity index (χ4n) is 3.02. The van der Waals surface area contributed by atoms with Crippen LogP contribution in [0.4, 0.5) is 26.6 Å². The number of unbranched alkanes of at least 4 members (excludes halogenated alkanes) is 1. The van der Waals surface area contributed by atoms with E-state index in [1.165, 1.54) is 24.1 Å². The van der Waals surface area contributed by atoms with Crippen LogP contribution in [0.25, 0.3) is 0 Å². The van der Waals surface area contributed by atoms with Gasteiger partial charge in [-0.25, -0.2) is 14.2 Å². The van der Waals surface area contributed by atoms with E-state index in [1.807, 2.05) is 0 Å². The van der Waals surface area contributed by atoms with Gasteiger partial charge in [-0.15, -0.1) is 0 Å². The summed E-state index contributed by atoms with van der Waals surface area (Å²) in [7, 11) is 3.16. The molecule has 1 heterocycles. The van der Waals surface area contributed by atoms with Crippen molar-refractivity contribution in [1.82, 2.24) is 20.2 Å². The number of halogens is 1. The van der Waals surface area contributed by atoms with Crippen molar-refractivity contribution < 1.29 is 23.5 Å². The normalized spacial score (nSPS) is 10.7. The van der Waals surface area contributed by atoms with E-state index in [1.54, 1.807) is 46.2 Å². The van der Waals surface area contributed by atoms with Crippen LogP contribution in [-0.2, 0) is 14.3 Å². The number of methoxy groups -OCH3 is 1. The smallest absolute Gasteiger partial charge is 0.410 e. The Balaban J connectivity index is 1.89. The van der Waals surface area contributed by atoms with E-state index >= 15 is 0 Å². The number of carbonyl (C=O) groups excluding carboxylic acids is 2. The molecule has 0 aliphatic carbocycles. The van der Waals surface area contributed by atoms with Gasteiger partial charge in [0, 0.05) is 46.0 Å². The molecule has 0 spiro atoms. The van der Waals surface area contributed by atoms with Gasteiger partial charge in [0.05, 0.1) is 11.8 Å². The third kappa shape index (κ3) is 11.9. The summed E-state index contributed by atoms with van der Waals surface area (Å²) in [4.78, 5) is 34.1. The van der Waals surface area contributed by atoms with Crippen LogP contribution in [0.5, 0.6) is 0 Å². The number of benzene rings is 1. The molecule has 206 valence electrons. The Labute approximate surface area is 223 Å². The standard InChI is InChI=1S/C27H37FN6O4/c1-27(2,3)38-26(36)34(4)19-23(35)29-14-8-6-7-11-20-18-31-25(32-22-13-9-12-21(28)17-22)33-24(20)30-15-10-16-37-5/h9,12-13,17-18H,6,8,10,14-16,19H2,1-5H3,(H,29,35)(H2,30,31,32,33). The van der Waals surface area contributed by atoms with Gasteiger partial charge in [-0.05, 0) is 51.8 Å². The minimum Gasteiger partial charge on any atom is -0.444 e. The SMILES string of the molecule is COCCCNc1nc(Nc2cccc(F)c2)ncc1C#CCCCNC(=O)CN(C)C(=O)OC(C)(C)C. The van der Waals surface area contributed by atoms with Crippen molar-refractivity contribution >= 4 is 29.5 Å². The number of rotatable bonds is 12. The summed E-state index contributed by atoms with van der Waals surface area (Å²) >= 11 is 0. The fourth-order valence-corrected chi connectivity index (χ4v) is 3.02. The second kappa shape index (κ2) is 15.4. The number of amides is 2. The lowest BCUT2D eigenvalue weighted by Crippen LogP contribution is -2.41. The average molecular weight is 529 g/mol. The molecule has 0 aliphatic rings. The second-order valence-electron chi connectivity index (χ2n) is 9.46. The molecule has 0 saturated carbocycles. The van der Waals surface area contributed by atoms with E-state index < -0.39 is 11.7 Å². The summed E-state index contributed by atoms with van der Waals surface area (Å²) < 4.78 is 23.8. The lowest BCUT2D eigenvalue weighted by molar-refractivity contribution is -0.122. The summed E-state index contributed by atoms with van der Waals surface area (Å²) in [6, 6.07) is 6.04. The number of hydrogen-bond donors (Lipinski definition) is 3. The van der Waals surface area contributed by atoms with E-state index in [9.17, 15) is 14.0 Å². The van der Waals surface area contributed by atoms with E-state index in [0.29, 0.717) is 55.6 Å². The topological polar surface area (TPSA) is 118 Å². The summed E-state index contributed by atoms with van der Waals surface area (Å²) in [6.07, 6.45) is 3.00. The molecular weight excluding hydrogens is 491 g/mol. The highest BCUT2D eigenvalue weighted by Gasteiger charge is 2.20. The molecule has 2 amide bonds. The first-order valence-corrected chi connectivity index (χ1v) is 12.4. The van der Waals surface area contributed by atoms with Gasteiger partial charge in [-0.1, -0.05) is 17.9 Å². The molecule has 0 atom stereocenters. The predicted octanol–water partition coefficient (Wildman–Crippen LogP) is 3.92. The Morgan fingerprint density at radius 3 is 2.68 bits per heavy atom. The summed E-state index contributed by atoms with van der Waals surface area (Å²) in [5, 5.41) is 9.01. The maximum atomic E-state index is 13.5. The van der Waals surface area contributed by atoms with Crippen LogP contribution in [0.1, 0.15) is 45.6 Å². The molecule has 2 aromatic rings. The molecule has 0 bridgehead atoms. The van der Waals surface area contributed by atoms with Gasteiger partial charge in [0.2, 0.25) is 11.9 Å². The van der Waals surface area contributed by atoms with Crippen molar-refractivity contribution in [2.45, 2.75) is 45.6 Å². The Bertz CT molecular complexity index is 1130. The molecule has 3 N–H and O–H groups in total. The van der Waals surface area contributed by atoms with Crippen molar-refractivity contribution in [3.8, 4) is 11.8 Å². The number of aromatic nitrogens is 2. The van der Waals surface area contributed by atoms with Gasteiger partial charge in [0.15, 0.2) is 0 Å². The summed E-state index contributed by atoms with van der Waals surface area (Å²) in [5.74, 6) is 6.39. The van der Waals surface area contributed by atoms with Crippen LogP contribution in [0.3, 0.4) is 0 Å². The van der Waals surface area contributed by atoms with Crippen molar-refractivity contribution in [3.05, 3.63) is 41.8 Å². The van der Waals surface area contributed by atoms with Crippen LogP contribution < -0.4 is 16.0 Å². The van der Waals surface area contributed by atoms with Crippen LogP contribution in [-0.4, -0.2) is 72.9 Å². The van der Waals surface area contributed by atoms with Crippen molar-refractivity contribution in [2.24, 2.45) is 0 Å². The molecule has 10 nitrogen and oxygen atoms in total. The molecule has 2 rings (SSSR count). The molecule has 0 radical (unpaired) electrons. The van der Waals surface area contributed by atoms with Gasteiger partial charge in [-0.3, -0.25) is 4.79 Å². The quantitative estimate of drug-likeness (QED) is 0.280. The maximum absolute atomic E-state index is 13.5. The van der Waals surface area contributed by atoms with Gasteiger partial charge >= 0.3 is 6.09 Å². The number of nitrogens with zero attached hydrogens (tertiary/aromatic N) is 3. The first kappa shape index (κ1) is 30.3. The van der Waals surface area contributed by atoms with E-state index in [4.69, 9.17) is 9.47 Å². The first-order valence-electron chi connectivity index (χ1n) is 12.4. The van der Waals surface area contributed by atoms with E-state index in [2.05, 4.69) is 37.8 Å². The van der Waals surface area contributed by atoms with Gasteiger partial charge in [0.1, 0.15) is 23.8 Å². The lowest BCUT2D eigenvalue weighted by atomic mass is 10.2. The third-order valence-corrected chi connectivity index (χ3v) is 4.80. The zero-order valence-corrected chi connectivity index (χ0v) is 22.7. The largest absolute Gasteiger partial charge is 0.444 e. The summed E-state index contributed by atoms with van der Waals surface area (Å²) in [5.41, 5.74) is 0.534. The molecular formula is C27H37FN6O4. The van der Waals surface area contributed by atoms with Crippen LogP contribution in [0.2, 0.25) is 0 Å². The minimum atomic E-state index is -0.622. The maximum Gasteiger partial charge on any atom is 0.410 e. The molecule has 1 aromatic heterocycles. The van der Waals surface area contributed by atoms with Crippen molar-refractivity contribution in [2.75, 3.05) is 51.0 Å². The molecule has 11 heteroatoms. The molecule has 0 unspecified atom stereocenters. The highest BCUT2D eigenvalue weighted by atomic mass is 19.1. The number of anilines is 3. The van der Waals surface area contributed by atoms with Crippen LogP contribution in [0.15, 0.2) is 30.5 Å². The Hall–Kier alpha value is -3.91. The second-order valence-corrected chi connectivity index (χ2v) is 9.46. The number of carbonyl (C=O) groups is 2. The van der Waals surface area contributed by atoms with Crippen LogP contribution in [0, 0.1) is 17.7 Å². The first-order chi connectivity index (χ1) is 18.1. The number of likely N-dealkylation sites (N-methyl/N-ethyl adjacent to an activating group) is 1. The Morgan fingerprint density at radius 2 is 1.97 bits per heavy atom. The Morgan fingerprint density at radius 1 is 1.18 bits per heavy atom. The molecule has 0 saturated heterocycles. The van der Waals surface area contributed by atoms with Gasteiger partial charge in [0.25, 0.3) is 0 Å². The van der Waals surface area contributed by atoms with Gasteiger partial charge in [-0.2, -0.15) is 4.98 Å².